The molecule has 0 spiro atoms. The molecule has 0 saturated carbocycles. The van der Waals surface area contributed by atoms with Crippen LogP contribution in [0.1, 0.15) is 5.69 Å². The summed E-state index contributed by atoms with van der Waals surface area (Å²) >= 11 is 0. The van der Waals surface area contributed by atoms with Gasteiger partial charge < -0.3 is 20.2 Å². The van der Waals surface area contributed by atoms with Crippen molar-refractivity contribution in [2.75, 3.05) is 18.0 Å². The molecule has 172 valence electrons. The Morgan fingerprint density at radius 1 is 1.09 bits per heavy atom. The van der Waals surface area contributed by atoms with Crippen LogP contribution in [0.3, 0.4) is 0 Å². The lowest BCUT2D eigenvalue weighted by atomic mass is 10.1. The van der Waals surface area contributed by atoms with E-state index in [1.807, 2.05) is 35.9 Å². The van der Waals surface area contributed by atoms with Crippen molar-refractivity contribution in [3.8, 4) is 28.5 Å². The van der Waals surface area contributed by atoms with Crippen LogP contribution in [-0.4, -0.2) is 63.8 Å². The zero-order chi connectivity index (χ0) is 23.5. The number of fused-ring (bicyclic) bond motifs is 2. The van der Waals surface area contributed by atoms with E-state index >= 15 is 0 Å². The smallest absolute Gasteiger partial charge is 0.161 e. The molecule has 6 heterocycles. The average molecular weight is 464 g/mol. The highest BCUT2D eigenvalue weighted by molar-refractivity contribution is 5.95. The number of nitrogens with zero attached hydrogens (tertiary/aromatic N) is 8. The van der Waals surface area contributed by atoms with Gasteiger partial charge in [-0.05, 0) is 25.1 Å². The molecule has 0 radical (unpaired) electrons. The zero-order valence-electron chi connectivity index (χ0n) is 18.8. The Morgan fingerprint density at radius 3 is 2.83 bits per heavy atom. The highest BCUT2D eigenvalue weighted by Gasteiger charge is 2.25. The fourth-order valence-corrected chi connectivity index (χ4v) is 4.47. The number of anilines is 1. The molecule has 1 aliphatic heterocycles. The minimum atomic E-state index is 0.196. The topological polar surface area (TPSA) is 143 Å². The number of hydrogen-bond acceptors (Lipinski definition) is 8. The third kappa shape index (κ3) is 3.24. The monoisotopic (exact) mass is 463 g/mol. The molecular formula is C24H21N11. The number of nitrogens with one attached hydrogen (secondary N) is 2. The van der Waals surface area contributed by atoms with E-state index < -0.39 is 0 Å². The molecule has 1 saturated heterocycles. The molecule has 35 heavy (non-hydrogen) atoms. The Morgan fingerprint density at radius 2 is 2.00 bits per heavy atom. The molecule has 7 rings (SSSR count). The van der Waals surface area contributed by atoms with Crippen LogP contribution in [-0.2, 0) is 0 Å². The van der Waals surface area contributed by atoms with Gasteiger partial charge in [0.1, 0.15) is 17.0 Å². The van der Waals surface area contributed by atoms with Crippen LogP contribution >= 0.6 is 0 Å². The molecule has 11 nitrogen and oxygen atoms in total. The average Bonchev–Trinajstić information content (AvgIpc) is 3.59. The predicted molar refractivity (Wildman–Crippen MR) is 132 cm³/mol. The number of imidazole rings is 2. The Hall–Kier alpha value is -4.64. The molecular weight excluding hydrogens is 442 g/mol. The maximum absolute atomic E-state index is 5.93. The van der Waals surface area contributed by atoms with E-state index in [1.165, 1.54) is 0 Å². The summed E-state index contributed by atoms with van der Waals surface area (Å²) in [6, 6.07) is 8.19. The van der Waals surface area contributed by atoms with Crippen molar-refractivity contribution in [3.63, 3.8) is 0 Å². The van der Waals surface area contributed by atoms with E-state index in [4.69, 9.17) is 15.7 Å². The van der Waals surface area contributed by atoms with E-state index in [9.17, 15) is 0 Å². The van der Waals surface area contributed by atoms with E-state index in [2.05, 4.69) is 41.1 Å². The van der Waals surface area contributed by atoms with E-state index in [1.54, 1.807) is 24.9 Å². The Kier molecular flexibility index (Phi) is 4.20. The number of rotatable bonds is 4. The molecule has 0 bridgehead atoms. The van der Waals surface area contributed by atoms with Gasteiger partial charge in [0, 0.05) is 42.5 Å². The zero-order valence-corrected chi connectivity index (χ0v) is 18.8. The summed E-state index contributed by atoms with van der Waals surface area (Å²) in [5.41, 5.74) is 12.5. The first-order valence-corrected chi connectivity index (χ1v) is 11.3. The highest BCUT2D eigenvalue weighted by Crippen LogP contribution is 2.31. The molecule has 0 unspecified atom stereocenters. The summed E-state index contributed by atoms with van der Waals surface area (Å²) in [4.78, 5) is 28.3. The largest absolute Gasteiger partial charge is 0.352 e. The quantitative estimate of drug-likeness (QED) is 0.362. The van der Waals surface area contributed by atoms with Crippen LogP contribution in [0.2, 0.25) is 0 Å². The van der Waals surface area contributed by atoms with Gasteiger partial charge in [-0.25, -0.2) is 19.9 Å². The van der Waals surface area contributed by atoms with Gasteiger partial charge >= 0.3 is 0 Å². The maximum Gasteiger partial charge on any atom is 0.161 e. The van der Waals surface area contributed by atoms with Crippen LogP contribution in [0.5, 0.6) is 0 Å². The molecule has 5 aromatic heterocycles. The second-order valence-corrected chi connectivity index (χ2v) is 8.80. The molecule has 11 heteroatoms. The van der Waals surface area contributed by atoms with E-state index in [0.29, 0.717) is 17.2 Å². The summed E-state index contributed by atoms with van der Waals surface area (Å²) in [5.74, 6) is 1.47. The Bertz CT molecular complexity index is 1700. The van der Waals surface area contributed by atoms with Gasteiger partial charge in [0.05, 0.1) is 41.3 Å². The van der Waals surface area contributed by atoms with E-state index in [-0.39, 0.29) is 6.04 Å². The second-order valence-electron chi connectivity index (χ2n) is 8.80. The highest BCUT2D eigenvalue weighted by atomic mass is 15.3. The summed E-state index contributed by atoms with van der Waals surface area (Å²) < 4.78 is 1.95. The van der Waals surface area contributed by atoms with Crippen molar-refractivity contribution >= 4 is 27.9 Å². The molecule has 0 amide bonds. The van der Waals surface area contributed by atoms with Crippen molar-refractivity contribution in [1.82, 2.24) is 44.7 Å². The van der Waals surface area contributed by atoms with Gasteiger partial charge in [-0.1, -0.05) is 6.07 Å². The summed E-state index contributed by atoms with van der Waals surface area (Å²) in [6.45, 7) is 3.55. The Labute approximate surface area is 199 Å². The lowest BCUT2D eigenvalue weighted by Gasteiger charge is -2.37. The SMILES string of the molecule is Cc1cn(-c2ccnc3[nH]c(-c4n[nH]c5ccc(-c6cncc(N7CC(N)C7)n6)cc45)nc23)cn1. The van der Waals surface area contributed by atoms with Gasteiger partial charge in [-0.3, -0.25) is 10.1 Å². The standard InChI is InChI=1S/C24H21N11/c1-13-9-35(12-28-13)19-4-5-27-23-22(19)30-24(31-23)21-16-6-14(2-3-17(16)32-33-21)18-7-26-8-20(29-18)34-10-15(25)11-34/h2-9,12,15H,10-11,25H2,1H3,(H,32,33)(H,27,30,31). The van der Waals surface area contributed by atoms with Crippen LogP contribution in [0.15, 0.2) is 55.4 Å². The number of aryl methyl sites for hydroxylation is 1. The molecule has 0 aliphatic carbocycles. The number of aromatic amines is 2. The number of aromatic nitrogens is 9. The van der Waals surface area contributed by atoms with Gasteiger partial charge in [0.15, 0.2) is 11.5 Å². The van der Waals surface area contributed by atoms with E-state index in [0.717, 1.165) is 58.0 Å². The number of H-pyrrole nitrogens is 2. The van der Waals surface area contributed by atoms with Crippen molar-refractivity contribution in [1.29, 1.82) is 0 Å². The molecule has 4 N–H and O–H groups in total. The third-order valence-corrected chi connectivity index (χ3v) is 6.29. The predicted octanol–water partition coefficient (Wildman–Crippen LogP) is 2.60. The van der Waals surface area contributed by atoms with Gasteiger partial charge in [0.2, 0.25) is 0 Å². The molecule has 6 aromatic rings. The van der Waals surface area contributed by atoms with Gasteiger partial charge in [0.25, 0.3) is 0 Å². The van der Waals surface area contributed by atoms with Gasteiger partial charge in [-0.2, -0.15) is 5.10 Å². The fraction of sp³-hybridized carbons (Fsp3) is 0.167. The first-order chi connectivity index (χ1) is 17.1. The lowest BCUT2D eigenvalue weighted by molar-refractivity contribution is 0.514. The molecule has 1 aromatic carbocycles. The Balaban J connectivity index is 1.31. The minimum Gasteiger partial charge on any atom is -0.352 e. The fourth-order valence-electron chi connectivity index (χ4n) is 4.47. The second kappa shape index (κ2) is 7.43. The third-order valence-electron chi connectivity index (χ3n) is 6.29. The summed E-state index contributed by atoms with van der Waals surface area (Å²) in [7, 11) is 0. The van der Waals surface area contributed by atoms with Crippen molar-refractivity contribution in [2.45, 2.75) is 13.0 Å². The van der Waals surface area contributed by atoms with Crippen LogP contribution in [0, 0.1) is 6.92 Å². The number of benzene rings is 1. The van der Waals surface area contributed by atoms with Crippen molar-refractivity contribution in [2.24, 2.45) is 5.73 Å². The molecule has 1 fully saturated rings. The summed E-state index contributed by atoms with van der Waals surface area (Å²) in [6.07, 6.45) is 9.04. The number of hydrogen-bond donors (Lipinski definition) is 3. The number of nitrogens with two attached hydrogens (primary N) is 1. The lowest BCUT2D eigenvalue weighted by Crippen LogP contribution is -2.56. The van der Waals surface area contributed by atoms with Crippen molar-refractivity contribution < 1.29 is 0 Å². The number of pyridine rings is 1. The van der Waals surface area contributed by atoms with Crippen LogP contribution in [0.4, 0.5) is 5.82 Å². The first kappa shape index (κ1) is 19.8. The van der Waals surface area contributed by atoms with Crippen LogP contribution in [0.25, 0.3) is 50.5 Å². The molecule has 0 atom stereocenters. The summed E-state index contributed by atoms with van der Waals surface area (Å²) in [5, 5.41) is 8.59. The normalized spacial score (nSPS) is 14.2. The maximum atomic E-state index is 5.93. The molecule has 1 aliphatic rings. The first-order valence-electron chi connectivity index (χ1n) is 11.3. The minimum absolute atomic E-state index is 0.196. The van der Waals surface area contributed by atoms with Crippen molar-refractivity contribution in [3.05, 3.63) is 61.1 Å². The van der Waals surface area contributed by atoms with Crippen LogP contribution < -0.4 is 10.6 Å². The van der Waals surface area contributed by atoms with Gasteiger partial charge in [-0.15, -0.1) is 0 Å².